The van der Waals surface area contributed by atoms with Crippen LogP contribution < -0.4 is 0 Å². The number of carbonyl (C=O) groups excluding carboxylic acids is 4. The smallest absolute Gasteiger partial charge is 0.228 e. The van der Waals surface area contributed by atoms with Gasteiger partial charge in [-0.3, -0.25) is 19.2 Å². The molecule has 0 unspecified atom stereocenters. The first-order chi connectivity index (χ1) is 16.5. The van der Waals surface area contributed by atoms with Crippen molar-refractivity contribution >= 4 is 23.1 Å². The lowest BCUT2D eigenvalue weighted by molar-refractivity contribution is 0.0875. The zero-order valence-electron chi connectivity index (χ0n) is 19.5. The highest BCUT2D eigenvalue weighted by molar-refractivity contribution is 6.29. The molecule has 34 heavy (non-hydrogen) atoms. The van der Waals surface area contributed by atoms with Crippen LogP contribution in [0.5, 0.6) is 0 Å². The predicted octanol–water partition coefficient (Wildman–Crippen LogP) is 5.14. The Morgan fingerprint density at radius 2 is 1.00 bits per heavy atom. The van der Waals surface area contributed by atoms with Gasteiger partial charge in [-0.15, -0.1) is 0 Å². The molecule has 0 atom stereocenters. The number of hydrogen-bond donors (Lipinski definition) is 0. The number of ether oxygens (including phenoxy) is 2. The van der Waals surface area contributed by atoms with Crippen LogP contribution in [0.25, 0.3) is 0 Å². The van der Waals surface area contributed by atoms with E-state index in [1.165, 1.54) is 14.2 Å². The molecule has 0 aromatic heterocycles. The van der Waals surface area contributed by atoms with Gasteiger partial charge in [0.05, 0.1) is 25.4 Å². The van der Waals surface area contributed by atoms with Crippen LogP contribution >= 0.6 is 0 Å². The van der Waals surface area contributed by atoms with Gasteiger partial charge in [-0.2, -0.15) is 0 Å². The monoisotopic (exact) mass is 458 g/mol. The number of rotatable bonds is 8. The Labute approximate surface area is 198 Å². The lowest BCUT2D eigenvalue weighted by atomic mass is 9.72. The van der Waals surface area contributed by atoms with E-state index in [0.717, 1.165) is 12.8 Å². The molecule has 0 aliphatic heterocycles. The number of carbonyl (C=O) groups is 4. The topological polar surface area (TPSA) is 86.7 Å². The van der Waals surface area contributed by atoms with Gasteiger partial charge in [0, 0.05) is 28.2 Å². The minimum atomic E-state index is -0.828. The summed E-state index contributed by atoms with van der Waals surface area (Å²) >= 11 is 0. The molecule has 0 saturated carbocycles. The number of unbranched alkanes of at least 4 members (excludes halogenated alkanes) is 2. The number of Topliss-reactive ketones (excluding diaryl/α,β-unsaturated/α-hetero) is 4. The summed E-state index contributed by atoms with van der Waals surface area (Å²) in [6.45, 7) is 2.05. The third-order valence-electron chi connectivity index (χ3n) is 6.43. The molecular formula is C28H26O6. The Bertz CT molecular complexity index is 1170. The summed E-state index contributed by atoms with van der Waals surface area (Å²) in [5.74, 6) is -2.60. The Kier molecular flexibility index (Phi) is 6.59. The van der Waals surface area contributed by atoms with Crippen molar-refractivity contribution < 1.29 is 28.7 Å². The van der Waals surface area contributed by atoms with Crippen molar-refractivity contribution in [2.75, 3.05) is 14.2 Å². The van der Waals surface area contributed by atoms with E-state index in [9.17, 15) is 19.2 Å². The number of methoxy groups -OCH3 is 2. The lowest BCUT2D eigenvalue weighted by Crippen LogP contribution is -2.33. The zero-order chi connectivity index (χ0) is 24.4. The number of hydrogen-bond acceptors (Lipinski definition) is 6. The van der Waals surface area contributed by atoms with E-state index >= 15 is 0 Å². The molecule has 0 spiro atoms. The Morgan fingerprint density at radius 1 is 0.618 bits per heavy atom. The maximum absolute atomic E-state index is 13.7. The van der Waals surface area contributed by atoms with Gasteiger partial charge in [0.1, 0.15) is 0 Å². The molecule has 0 fully saturated rings. The van der Waals surface area contributed by atoms with Crippen LogP contribution in [-0.4, -0.2) is 37.4 Å². The van der Waals surface area contributed by atoms with Crippen molar-refractivity contribution in [3.05, 3.63) is 93.4 Å². The van der Waals surface area contributed by atoms with Crippen LogP contribution in [-0.2, 0) is 9.47 Å². The number of ketones is 4. The molecule has 0 heterocycles. The molecule has 6 nitrogen and oxygen atoms in total. The molecule has 174 valence electrons. The first kappa shape index (κ1) is 23.4. The van der Waals surface area contributed by atoms with E-state index in [4.69, 9.17) is 9.47 Å². The highest BCUT2D eigenvalue weighted by Gasteiger charge is 2.44. The predicted molar refractivity (Wildman–Crippen MR) is 126 cm³/mol. The normalized spacial score (nSPS) is 15.6. The third kappa shape index (κ3) is 3.69. The van der Waals surface area contributed by atoms with Crippen molar-refractivity contribution in [3.8, 4) is 0 Å². The Hall–Kier alpha value is -3.80. The summed E-state index contributed by atoms with van der Waals surface area (Å²) in [5.41, 5.74) is 1.26. The molecule has 4 rings (SSSR count). The SMILES string of the molecule is CCCCCC(C1=C(OC)C(=O)c2ccccc2C1=O)C1=C(OC)C(=O)c2ccccc2C1=O. The molecule has 0 N–H and O–H groups in total. The first-order valence-electron chi connectivity index (χ1n) is 11.4. The molecule has 2 aliphatic rings. The summed E-state index contributed by atoms with van der Waals surface area (Å²) in [6, 6.07) is 13.1. The molecule has 0 amide bonds. The summed E-state index contributed by atoms with van der Waals surface area (Å²) in [6.07, 6.45) is 2.86. The van der Waals surface area contributed by atoms with Crippen LogP contribution in [0.15, 0.2) is 71.2 Å². The molecular weight excluding hydrogens is 432 g/mol. The summed E-state index contributed by atoms with van der Waals surface area (Å²) < 4.78 is 10.9. The maximum atomic E-state index is 13.7. The van der Waals surface area contributed by atoms with Crippen LogP contribution in [0.2, 0.25) is 0 Å². The van der Waals surface area contributed by atoms with Gasteiger partial charge in [-0.05, 0) is 6.42 Å². The second kappa shape index (κ2) is 9.59. The van der Waals surface area contributed by atoms with E-state index in [0.29, 0.717) is 12.8 Å². The van der Waals surface area contributed by atoms with Crippen LogP contribution in [0, 0.1) is 5.92 Å². The van der Waals surface area contributed by atoms with Crippen LogP contribution in [0.1, 0.15) is 74.0 Å². The highest BCUT2D eigenvalue weighted by Crippen LogP contribution is 2.41. The fourth-order valence-corrected chi connectivity index (χ4v) is 4.81. The third-order valence-corrected chi connectivity index (χ3v) is 6.43. The van der Waals surface area contributed by atoms with Gasteiger partial charge in [0.2, 0.25) is 11.6 Å². The molecule has 2 aromatic rings. The first-order valence-corrected chi connectivity index (χ1v) is 11.4. The average molecular weight is 459 g/mol. The quantitative estimate of drug-likeness (QED) is 0.509. The summed E-state index contributed by atoms with van der Waals surface area (Å²) in [7, 11) is 2.68. The van der Waals surface area contributed by atoms with Crippen molar-refractivity contribution in [3.63, 3.8) is 0 Å². The van der Waals surface area contributed by atoms with Gasteiger partial charge in [-0.1, -0.05) is 74.7 Å². The number of fused-ring (bicyclic) bond motifs is 2. The number of benzene rings is 2. The molecule has 0 bridgehead atoms. The lowest BCUT2D eigenvalue weighted by Gasteiger charge is -2.30. The van der Waals surface area contributed by atoms with Crippen LogP contribution in [0.3, 0.4) is 0 Å². The molecule has 6 heteroatoms. The van der Waals surface area contributed by atoms with Gasteiger partial charge in [0.15, 0.2) is 23.1 Å². The zero-order valence-corrected chi connectivity index (χ0v) is 19.5. The van der Waals surface area contributed by atoms with Crippen molar-refractivity contribution in [2.24, 2.45) is 5.92 Å². The van der Waals surface area contributed by atoms with Gasteiger partial charge in [0.25, 0.3) is 0 Å². The summed E-state index contributed by atoms with van der Waals surface area (Å²) in [4.78, 5) is 54.0. The molecule has 2 aromatic carbocycles. The van der Waals surface area contributed by atoms with E-state index in [1.807, 2.05) is 6.92 Å². The fourth-order valence-electron chi connectivity index (χ4n) is 4.81. The largest absolute Gasteiger partial charge is 0.492 e. The van der Waals surface area contributed by atoms with E-state index in [-0.39, 0.29) is 56.5 Å². The van der Waals surface area contributed by atoms with Gasteiger partial charge in [-0.25, -0.2) is 0 Å². The molecule has 0 saturated heterocycles. The fraction of sp³-hybridized carbons (Fsp3) is 0.286. The second-order valence-electron chi connectivity index (χ2n) is 8.35. The maximum Gasteiger partial charge on any atom is 0.228 e. The molecule has 0 radical (unpaired) electrons. The molecule has 2 aliphatic carbocycles. The second-order valence-corrected chi connectivity index (χ2v) is 8.35. The van der Waals surface area contributed by atoms with Crippen molar-refractivity contribution in [1.82, 2.24) is 0 Å². The standard InChI is InChI=1S/C28H26O6/c1-4-5-6-15-20(21-23(29)16-11-7-9-13-18(16)25(31)27(21)33-2)22-24(30)17-12-8-10-14-19(17)26(32)28(22)34-3/h7-14,20H,4-6,15H2,1-3H3. The average Bonchev–Trinajstić information content (AvgIpc) is 2.86. The number of allylic oxidation sites excluding steroid dienone is 4. The van der Waals surface area contributed by atoms with E-state index < -0.39 is 17.5 Å². The summed E-state index contributed by atoms with van der Waals surface area (Å²) in [5, 5.41) is 0. The highest BCUT2D eigenvalue weighted by atomic mass is 16.5. The van der Waals surface area contributed by atoms with E-state index in [1.54, 1.807) is 48.5 Å². The van der Waals surface area contributed by atoms with Gasteiger partial charge >= 0.3 is 0 Å². The van der Waals surface area contributed by atoms with Crippen LogP contribution in [0.4, 0.5) is 0 Å². The van der Waals surface area contributed by atoms with Crippen molar-refractivity contribution in [2.45, 2.75) is 32.6 Å². The Balaban J connectivity index is 1.96. The van der Waals surface area contributed by atoms with Crippen molar-refractivity contribution in [1.29, 1.82) is 0 Å². The van der Waals surface area contributed by atoms with Gasteiger partial charge < -0.3 is 9.47 Å². The minimum Gasteiger partial charge on any atom is -0.492 e. The Morgan fingerprint density at radius 3 is 1.35 bits per heavy atom. The van der Waals surface area contributed by atoms with E-state index in [2.05, 4.69) is 0 Å². The minimum absolute atomic E-state index is 0.0905.